The van der Waals surface area contributed by atoms with Gasteiger partial charge >= 0.3 is 0 Å². The van der Waals surface area contributed by atoms with Crippen molar-refractivity contribution in [3.05, 3.63) is 119 Å². The number of nitrogens with one attached hydrogen (secondary N) is 1. The molecule has 9 nitrogen and oxygen atoms in total. The van der Waals surface area contributed by atoms with Gasteiger partial charge in [-0.1, -0.05) is 72.3 Å². The summed E-state index contributed by atoms with van der Waals surface area (Å²) in [4.78, 5) is 29.1. The van der Waals surface area contributed by atoms with Crippen molar-refractivity contribution in [3.8, 4) is 11.5 Å². The molecule has 1 N–H and O–H groups in total. The van der Waals surface area contributed by atoms with Crippen LogP contribution >= 0.6 is 11.6 Å². The van der Waals surface area contributed by atoms with Crippen LogP contribution in [0, 0.1) is 0 Å². The van der Waals surface area contributed by atoms with Gasteiger partial charge in [-0.15, -0.1) is 0 Å². The molecule has 11 heteroatoms. The second-order valence-electron chi connectivity index (χ2n) is 9.84. The number of methoxy groups -OCH3 is 2. The van der Waals surface area contributed by atoms with Crippen LogP contribution in [0.2, 0.25) is 5.02 Å². The lowest BCUT2D eigenvalue weighted by molar-refractivity contribution is -0.139. The Kier molecular flexibility index (Phi) is 10.9. The van der Waals surface area contributed by atoms with Crippen LogP contribution in [-0.2, 0) is 32.6 Å². The van der Waals surface area contributed by atoms with Gasteiger partial charge in [0.15, 0.2) is 0 Å². The Bertz CT molecular complexity index is 1690. The van der Waals surface area contributed by atoms with Crippen molar-refractivity contribution in [1.82, 2.24) is 10.2 Å². The van der Waals surface area contributed by atoms with Crippen molar-refractivity contribution in [3.63, 3.8) is 0 Å². The first-order valence-corrected chi connectivity index (χ1v) is 15.6. The number of anilines is 1. The molecule has 0 aliphatic carbocycles. The Balaban J connectivity index is 1.81. The lowest BCUT2D eigenvalue weighted by Gasteiger charge is -2.33. The van der Waals surface area contributed by atoms with Crippen LogP contribution in [0.1, 0.15) is 11.1 Å². The summed E-state index contributed by atoms with van der Waals surface area (Å²) < 4.78 is 39.7. The van der Waals surface area contributed by atoms with E-state index in [-0.39, 0.29) is 28.6 Å². The van der Waals surface area contributed by atoms with E-state index in [1.807, 2.05) is 36.4 Å². The molecular weight excluding hydrogens is 602 g/mol. The van der Waals surface area contributed by atoms with Gasteiger partial charge in [0.25, 0.3) is 10.0 Å². The van der Waals surface area contributed by atoms with Crippen molar-refractivity contribution in [2.45, 2.75) is 23.9 Å². The number of ether oxygens (including phenoxy) is 2. The molecule has 1 atom stereocenters. The Morgan fingerprint density at radius 3 is 2.11 bits per heavy atom. The summed E-state index contributed by atoms with van der Waals surface area (Å²) in [5.74, 6) is -0.0598. The average Bonchev–Trinajstić information content (AvgIpc) is 3.05. The Morgan fingerprint density at radius 1 is 0.841 bits per heavy atom. The van der Waals surface area contributed by atoms with E-state index in [2.05, 4.69) is 5.32 Å². The quantitative estimate of drug-likeness (QED) is 0.223. The highest BCUT2D eigenvalue weighted by atomic mass is 35.5. The van der Waals surface area contributed by atoms with E-state index < -0.39 is 34.4 Å². The molecule has 2 amide bonds. The molecule has 0 aliphatic heterocycles. The summed E-state index contributed by atoms with van der Waals surface area (Å²) in [6, 6.07) is 27.8. The average molecular weight is 636 g/mol. The molecule has 0 aliphatic rings. The first kappa shape index (κ1) is 32.4. The Morgan fingerprint density at radius 2 is 1.50 bits per heavy atom. The minimum Gasteiger partial charge on any atom is -0.497 e. The van der Waals surface area contributed by atoms with Crippen LogP contribution < -0.4 is 19.1 Å². The molecular formula is C33H34ClN3O6S. The second-order valence-corrected chi connectivity index (χ2v) is 12.1. The fourth-order valence-corrected chi connectivity index (χ4v) is 6.43. The van der Waals surface area contributed by atoms with E-state index in [1.54, 1.807) is 36.4 Å². The highest BCUT2D eigenvalue weighted by Gasteiger charge is 2.34. The van der Waals surface area contributed by atoms with Crippen LogP contribution in [0.25, 0.3) is 0 Å². The molecule has 4 aromatic rings. The molecule has 0 aromatic heterocycles. The van der Waals surface area contributed by atoms with Crippen LogP contribution in [0.4, 0.5) is 5.69 Å². The van der Waals surface area contributed by atoms with Crippen LogP contribution in [-0.4, -0.2) is 59.0 Å². The van der Waals surface area contributed by atoms with Gasteiger partial charge < -0.3 is 19.7 Å². The van der Waals surface area contributed by atoms with Crippen molar-refractivity contribution in [2.75, 3.05) is 32.1 Å². The number of nitrogens with zero attached hydrogens (tertiary/aromatic N) is 2. The van der Waals surface area contributed by atoms with Gasteiger partial charge in [-0.2, -0.15) is 0 Å². The number of hydrogen-bond acceptors (Lipinski definition) is 6. The van der Waals surface area contributed by atoms with Crippen LogP contribution in [0.5, 0.6) is 11.5 Å². The van der Waals surface area contributed by atoms with E-state index in [0.717, 1.165) is 9.87 Å². The van der Waals surface area contributed by atoms with E-state index >= 15 is 0 Å². The largest absolute Gasteiger partial charge is 0.497 e. The molecule has 0 fully saturated rings. The van der Waals surface area contributed by atoms with Gasteiger partial charge in [0.1, 0.15) is 24.1 Å². The molecule has 4 rings (SSSR count). The number of amides is 2. The number of carbonyl (C=O) groups is 2. The van der Waals surface area contributed by atoms with E-state index in [4.69, 9.17) is 21.1 Å². The molecule has 0 bridgehead atoms. The number of sulfonamides is 1. The zero-order valence-electron chi connectivity index (χ0n) is 24.6. The molecule has 44 heavy (non-hydrogen) atoms. The van der Waals surface area contributed by atoms with Gasteiger partial charge in [-0.3, -0.25) is 13.9 Å². The third kappa shape index (κ3) is 7.69. The summed E-state index contributed by atoms with van der Waals surface area (Å²) in [6.07, 6.45) is 0.204. The Labute approximate surface area is 263 Å². The molecule has 0 saturated heterocycles. The van der Waals surface area contributed by atoms with Gasteiger partial charge in [0.05, 0.1) is 29.8 Å². The summed E-state index contributed by atoms with van der Waals surface area (Å²) in [6.45, 7) is -0.588. The number of carbonyl (C=O) groups excluding carboxylic acids is 2. The van der Waals surface area contributed by atoms with Crippen LogP contribution in [0.3, 0.4) is 0 Å². The third-order valence-corrected chi connectivity index (χ3v) is 9.12. The second kappa shape index (κ2) is 14.8. The molecule has 4 aromatic carbocycles. The summed E-state index contributed by atoms with van der Waals surface area (Å²) in [7, 11) is 0.241. The first-order valence-electron chi connectivity index (χ1n) is 13.8. The maximum Gasteiger partial charge on any atom is 0.264 e. The predicted octanol–water partition coefficient (Wildman–Crippen LogP) is 4.94. The maximum absolute atomic E-state index is 14.4. The number of rotatable bonds is 13. The molecule has 0 saturated carbocycles. The number of benzene rings is 4. The smallest absolute Gasteiger partial charge is 0.264 e. The lowest BCUT2D eigenvalue weighted by atomic mass is 10.0. The SMILES string of the molecule is CNC(=O)[C@H](Cc1ccccc1)N(Cc1cccc(OC)c1)C(=O)CN(c1ccc(OC)c(Cl)c1)S(=O)(=O)c1ccccc1. The van der Waals surface area contributed by atoms with Gasteiger partial charge in [0, 0.05) is 20.0 Å². The highest BCUT2D eigenvalue weighted by molar-refractivity contribution is 7.92. The van der Waals surface area contributed by atoms with Gasteiger partial charge in [0.2, 0.25) is 11.8 Å². The zero-order chi connectivity index (χ0) is 31.7. The van der Waals surface area contributed by atoms with Crippen molar-refractivity contribution < 1.29 is 27.5 Å². The predicted molar refractivity (Wildman–Crippen MR) is 171 cm³/mol. The number of likely N-dealkylation sites (N-methyl/N-ethyl adjacent to an activating group) is 1. The standard InChI is InChI=1S/C33H34ClN3O6S/c1-35-33(39)30(20-24-11-6-4-7-12-24)36(22-25-13-10-14-27(19-25)42-2)32(38)23-37(26-17-18-31(43-3)29(34)21-26)44(40,41)28-15-8-5-9-16-28/h4-19,21,30H,20,22-23H2,1-3H3,(H,35,39)/t30-/m0/s1. The van der Waals surface area contributed by atoms with Crippen molar-refractivity contribution >= 4 is 39.1 Å². The number of halogens is 1. The van der Waals surface area contributed by atoms with Crippen molar-refractivity contribution in [1.29, 1.82) is 0 Å². The Hall–Kier alpha value is -4.54. The number of hydrogen-bond donors (Lipinski definition) is 1. The minimum absolute atomic E-state index is 0.00813. The normalized spacial score (nSPS) is 11.7. The highest BCUT2D eigenvalue weighted by Crippen LogP contribution is 2.32. The lowest BCUT2D eigenvalue weighted by Crippen LogP contribution is -2.53. The molecule has 0 spiro atoms. The molecule has 0 heterocycles. The van der Waals surface area contributed by atoms with E-state index in [0.29, 0.717) is 17.1 Å². The summed E-state index contributed by atoms with van der Waals surface area (Å²) in [5.41, 5.74) is 1.69. The molecule has 0 radical (unpaired) electrons. The van der Waals surface area contributed by atoms with Gasteiger partial charge in [-0.05, 0) is 53.6 Å². The monoisotopic (exact) mass is 635 g/mol. The van der Waals surface area contributed by atoms with Gasteiger partial charge in [-0.25, -0.2) is 8.42 Å². The summed E-state index contributed by atoms with van der Waals surface area (Å²) in [5, 5.41) is 2.84. The molecule has 230 valence electrons. The third-order valence-electron chi connectivity index (χ3n) is 7.04. The fraction of sp³-hybridized carbons (Fsp3) is 0.212. The molecule has 0 unspecified atom stereocenters. The van der Waals surface area contributed by atoms with E-state index in [9.17, 15) is 18.0 Å². The van der Waals surface area contributed by atoms with Crippen molar-refractivity contribution in [2.24, 2.45) is 0 Å². The topological polar surface area (TPSA) is 105 Å². The zero-order valence-corrected chi connectivity index (χ0v) is 26.2. The minimum atomic E-state index is -4.25. The fourth-order valence-electron chi connectivity index (χ4n) is 4.75. The summed E-state index contributed by atoms with van der Waals surface area (Å²) >= 11 is 6.40. The first-order chi connectivity index (χ1) is 21.2. The van der Waals surface area contributed by atoms with E-state index in [1.165, 1.54) is 56.5 Å². The maximum atomic E-state index is 14.4. The van der Waals surface area contributed by atoms with Crippen LogP contribution in [0.15, 0.2) is 108 Å².